The Labute approximate surface area is 83.7 Å². The fourth-order valence-corrected chi connectivity index (χ4v) is 1.02. The number of rotatable bonds is 4. The van der Waals surface area contributed by atoms with Gasteiger partial charge < -0.3 is 9.64 Å². The van der Waals surface area contributed by atoms with Crippen LogP contribution in [-0.4, -0.2) is 32.3 Å². The number of nitriles is 1. The number of pyridine rings is 1. The summed E-state index contributed by atoms with van der Waals surface area (Å²) < 4.78 is 4.96. The quantitative estimate of drug-likeness (QED) is 0.713. The van der Waals surface area contributed by atoms with Gasteiger partial charge in [0.2, 0.25) is 0 Å². The second kappa shape index (κ2) is 5.20. The molecule has 0 amide bonds. The van der Waals surface area contributed by atoms with Crippen LogP contribution in [-0.2, 0) is 4.74 Å². The van der Waals surface area contributed by atoms with Crippen LogP contribution in [0.4, 0.5) is 5.82 Å². The van der Waals surface area contributed by atoms with Crippen LogP contribution in [0.2, 0.25) is 0 Å². The molecule has 4 nitrogen and oxygen atoms in total. The van der Waals surface area contributed by atoms with Gasteiger partial charge in [0.15, 0.2) is 0 Å². The van der Waals surface area contributed by atoms with Crippen molar-refractivity contribution in [3.8, 4) is 6.07 Å². The lowest BCUT2D eigenvalue weighted by Crippen LogP contribution is -2.22. The largest absolute Gasteiger partial charge is 0.383 e. The average Bonchev–Trinajstić information content (AvgIpc) is 2.26. The topological polar surface area (TPSA) is 49.1 Å². The highest BCUT2D eigenvalue weighted by atomic mass is 16.5. The summed E-state index contributed by atoms with van der Waals surface area (Å²) in [6.45, 7) is 1.45. The molecule has 4 heteroatoms. The van der Waals surface area contributed by atoms with Crippen LogP contribution in [0.5, 0.6) is 0 Å². The Morgan fingerprint density at radius 2 is 2.36 bits per heavy atom. The van der Waals surface area contributed by atoms with E-state index in [2.05, 4.69) is 4.98 Å². The van der Waals surface area contributed by atoms with Crippen molar-refractivity contribution in [1.29, 1.82) is 5.26 Å². The van der Waals surface area contributed by atoms with Crippen molar-refractivity contribution in [3.05, 3.63) is 23.9 Å². The highest BCUT2D eigenvalue weighted by Gasteiger charge is 2.01. The normalized spacial score (nSPS) is 9.50. The molecule has 1 rings (SSSR count). The van der Waals surface area contributed by atoms with Crippen molar-refractivity contribution >= 4 is 5.82 Å². The molecule has 0 fully saturated rings. The molecule has 0 spiro atoms. The van der Waals surface area contributed by atoms with Crippen molar-refractivity contribution in [3.63, 3.8) is 0 Å². The van der Waals surface area contributed by atoms with Crippen LogP contribution < -0.4 is 4.90 Å². The maximum Gasteiger partial charge on any atom is 0.128 e. The molecule has 1 aromatic rings. The minimum Gasteiger partial charge on any atom is -0.383 e. The summed E-state index contributed by atoms with van der Waals surface area (Å²) in [7, 11) is 3.60. The van der Waals surface area contributed by atoms with Crippen molar-refractivity contribution in [1.82, 2.24) is 4.98 Å². The van der Waals surface area contributed by atoms with Gasteiger partial charge in [-0.3, -0.25) is 0 Å². The summed E-state index contributed by atoms with van der Waals surface area (Å²) in [6.07, 6.45) is 1.57. The van der Waals surface area contributed by atoms with Crippen molar-refractivity contribution in [2.24, 2.45) is 0 Å². The lowest BCUT2D eigenvalue weighted by atomic mass is 10.3. The maximum atomic E-state index is 8.58. The Balaban J connectivity index is 2.63. The van der Waals surface area contributed by atoms with Gasteiger partial charge in [0, 0.05) is 26.9 Å². The smallest absolute Gasteiger partial charge is 0.128 e. The zero-order chi connectivity index (χ0) is 10.4. The maximum absolute atomic E-state index is 8.58. The van der Waals surface area contributed by atoms with Gasteiger partial charge >= 0.3 is 0 Å². The second-order valence-electron chi connectivity index (χ2n) is 2.93. The number of likely N-dealkylation sites (N-methyl/N-ethyl adjacent to an activating group) is 1. The lowest BCUT2D eigenvalue weighted by molar-refractivity contribution is 0.206. The predicted molar refractivity (Wildman–Crippen MR) is 54.1 cm³/mol. The van der Waals surface area contributed by atoms with Gasteiger partial charge in [0.1, 0.15) is 11.9 Å². The molecule has 74 valence electrons. The fourth-order valence-electron chi connectivity index (χ4n) is 1.02. The summed E-state index contributed by atoms with van der Waals surface area (Å²) in [5.41, 5.74) is 0.578. The van der Waals surface area contributed by atoms with E-state index in [0.29, 0.717) is 12.2 Å². The van der Waals surface area contributed by atoms with Crippen LogP contribution in [0.25, 0.3) is 0 Å². The van der Waals surface area contributed by atoms with Crippen LogP contribution in [0.3, 0.4) is 0 Å². The highest BCUT2D eigenvalue weighted by molar-refractivity contribution is 5.40. The van der Waals surface area contributed by atoms with Crippen molar-refractivity contribution in [2.45, 2.75) is 0 Å². The third-order valence-electron chi connectivity index (χ3n) is 1.90. The van der Waals surface area contributed by atoms with Gasteiger partial charge in [-0.05, 0) is 12.1 Å². The van der Waals surface area contributed by atoms with E-state index in [-0.39, 0.29) is 0 Å². The zero-order valence-corrected chi connectivity index (χ0v) is 8.40. The molecule has 0 aliphatic carbocycles. The van der Waals surface area contributed by atoms with Gasteiger partial charge in [0.05, 0.1) is 12.2 Å². The second-order valence-corrected chi connectivity index (χ2v) is 2.93. The number of methoxy groups -OCH3 is 1. The van der Waals surface area contributed by atoms with E-state index in [0.717, 1.165) is 12.4 Å². The number of ether oxygens (including phenoxy) is 1. The number of aromatic nitrogens is 1. The molecule has 0 atom stereocenters. The highest BCUT2D eigenvalue weighted by Crippen LogP contribution is 2.08. The molecule has 0 bridgehead atoms. The Morgan fingerprint density at radius 3 is 2.86 bits per heavy atom. The molecule has 1 heterocycles. The zero-order valence-electron chi connectivity index (χ0n) is 8.40. The molecule has 0 aromatic carbocycles. The lowest BCUT2D eigenvalue weighted by Gasteiger charge is -2.16. The fraction of sp³-hybridized carbons (Fsp3) is 0.400. The summed E-state index contributed by atoms with van der Waals surface area (Å²) in [5.74, 6) is 0.848. The summed E-state index contributed by atoms with van der Waals surface area (Å²) in [4.78, 5) is 6.13. The first-order valence-electron chi connectivity index (χ1n) is 4.34. The van der Waals surface area contributed by atoms with Crippen molar-refractivity contribution < 1.29 is 4.74 Å². The molecule has 0 N–H and O–H groups in total. The SMILES string of the molecule is COCCN(C)c1ccc(C#N)cn1. The molecule has 0 saturated carbocycles. The molecule has 0 aliphatic rings. The van der Waals surface area contributed by atoms with Gasteiger partial charge in [0.25, 0.3) is 0 Å². The Bertz CT molecular complexity index is 315. The van der Waals surface area contributed by atoms with Crippen LogP contribution in [0.1, 0.15) is 5.56 Å². The molecular weight excluding hydrogens is 178 g/mol. The monoisotopic (exact) mass is 191 g/mol. The first kappa shape index (κ1) is 10.5. The first-order valence-corrected chi connectivity index (χ1v) is 4.34. The minimum atomic E-state index is 0.578. The summed E-state index contributed by atoms with van der Waals surface area (Å²) >= 11 is 0. The van der Waals surface area contributed by atoms with Gasteiger partial charge in [-0.15, -0.1) is 0 Å². The van der Waals surface area contributed by atoms with E-state index in [1.54, 1.807) is 19.4 Å². The number of hydrogen-bond acceptors (Lipinski definition) is 4. The summed E-state index contributed by atoms with van der Waals surface area (Å²) in [5, 5.41) is 8.58. The van der Waals surface area contributed by atoms with Crippen molar-refractivity contribution in [2.75, 3.05) is 32.2 Å². The van der Waals surface area contributed by atoms with Crippen LogP contribution in [0, 0.1) is 11.3 Å². The van der Waals surface area contributed by atoms with E-state index in [4.69, 9.17) is 10.00 Å². The molecule has 14 heavy (non-hydrogen) atoms. The molecule has 0 radical (unpaired) electrons. The van der Waals surface area contributed by atoms with E-state index >= 15 is 0 Å². The Kier molecular flexibility index (Phi) is 3.89. The number of nitrogens with zero attached hydrogens (tertiary/aromatic N) is 3. The third-order valence-corrected chi connectivity index (χ3v) is 1.90. The Hall–Kier alpha value is -1.60. The number of anilines is 1. The van der Waals surface area contributed by atoms with Gasteiger partial charge in [-0.1, -0.05) is 0 Å². The van der Waals surface area contributed by atoms with Crippen LogP contribution in [0.15, 0.2) is 18.3 Å². The van der Waals surface area contributed by atoms with E-state index in [1.807, 2.05) is 24.1 Å². The average molecular weight is 191 g/mol. The standard InChI is InChI=1S/C10H13N3O/c1-13(5-6-14-2)10-4-3-9(7-11)8-12-10/h3-4,8H,5-6H2,1-2H3. The van der Waals surface area contributed by atoms with Gasteiger partial charge in [-0.25, -0.2) is 4.98 Å². The molecule has 0 aliphatic heterocycles. The van der Waals surface area contributed by atoms with E-state index in [1.165, 1.54) is 0 Å². The minimum absolute atomic E-state index is 0.578. The summed E-state index contributed by atoms with van der Waals surface area (Å²) in [6, 6.07) is 5.61. The van der Waals surface area contributed by atoms with Gasteiger partial charge in [-0.2, -0.15) is 5.26 Å². The molecule has 0 saturated heterocycles. The Morgan fingerprint density at radius 1 is 1.57 bits per heavy atom. The van der Waals surface area contributed by atoms with E-state index in [9.17, 15) is 0 Å². The molecular formula is C10H13N3O. The van der Waals surface area contributed by atoms with E-state index < -0.39 is 0 Å². The molecule has 0 unspecified atom stereocenters. The third kappa shape index (κ3) is 2.71. The predicted octanol–water partition coefficient (Wildman–Crippen LogP) is 1.04. The molecule has 1 aromatic heterocycles. The van der Waals surface area contributed by atoms with Crippen LogP contribution >= 0.6 is 0 Å². The number of hydrogen-bond donors (Lipinski definition) is 0. The first-order chi connectivity index (χ1) is 6.77.